The zero-order valence-electron chi connectivity index (χ0n) is 12.4. The summed E-state index contributed by atoms with van der Waals surface area (Å²) in [6.07, 6.45) is 0. The van der Waals surface area contributed by atoms with E-state index in [1.54, 1.807) is 7.11 Å². The van der Waals surface area contributed by atoms with Gasteiger partial charge in [-0.3, -0.25) is 0 Å². The first kappa shape index (κ1) is 16.5. The first-order valence-corrected chi connectivity index (χ1v) is 8.42. The van der Waals surface area contributed by atoms with E-state index in [-0.39, 0.29) is 6.04 Å². The minimum atomic E-state index is 0.286. The van der Waals surface area contributed by atoms with Crippen LogP contribution < -0.4 is 10.1 Å². The highest BCUT2D eigenvalue weighted by atomic mass is 79.9. The molecule has 0 aliphatic carbocycles. The van der Waals surface area contributed by atoms with Crippen molar-refractivity contribution in [3.63, 3.8) is 0 Å². The highest BCUT2D eigenvalue weighted by molar-refractivity contribution is 9.11. The number of ether oxygens (including phenoxy) is 1. The third kappa shape index (κ3) is 4.09. The Morgan fingerprint density at radius 2 is 1.90 bits per heavy atom. The molecule has 1 atom stereocenters. The molecule has 0 aliphatic rings. The van der Waals surface area contributed by atoms with Gasteiger partial charge in [0.15, 0.2) is 0 Å². The normalized spacial score (nSPS) is 12.2. The van der Waals surface area contributed by atoms with Gasteiger partial charge >= 0.3 is 0 Å². The summed E-state index contributed by atoms with van der Waals surface area (Å²) in [6, 6.07) is 12.8. The van der Waals surface area contributed by atoms with Crippen molar-refractivity contribution in [1.82, 2.24) is 5.32 Å². The molecule has 112 valence electrons. The maximum atomic E-state index is 5.49. The van der Waals surface area contributed by atoms with Crippen LogP contribution in [0.5, 0.6) is 5.75 Å². The van der Waals surface area contributed by atoms with Crippen molar-refractivity contribution in [2.75, 3.05) is 7.11 Å². The molecule has 2 aromatic carbocycles. The van der Waals surface area contributed by atoms with Crippen LogP contribution in [0.4, 0.5) is 0 Å². The molecule has 0 saturated heterocycles. The number of halogens is 2. The third-order valence-corrected chi connectivity index (χ3v) is 4.59. The topological polar surface area (TPSA) is 21.3 Å². The molecule has 4 heteroatoms. The van der Waals surface area contributed by atoms with E-state index >= 15 is 0 Å². The van der Waals surface area contributed by atoms with E-state index in [9.17, 15) is 0 Å². The summed E-state index contributed by atoms with van der Waals surface area (Å²) in [6.45, 7) is 5.07. The molecule has 1 N–H and O–H groups in total. The maximum Gasteiger partial charge on any atom is 0.137 e. The largest absolute Gasteiger partial charge is 0.495 e. The van der Waals surface area contributed by atoms with Crippen molar-refractivity contribution in [3.05, 3.63) is 62.0 Å². The molecule has 0 fully saturated rings. The number of hydrogen-bond donors (Lipinski definition) is 1. The quantitative estimate of drug-likeness (QED) is 0.711. The lowest BCUT2D eigenvalue weighted by molar-refractivity contribution is 0.403. The van der Waals surface area contributed by atoms with E-state index in [1.807, 2.05) is 6.07 Å². The first-order valence-electron chi connectivity index (χ1n) is 6.83. The molecule has 0 unspecified atom stereocenters. The van der Waals surface area contributed by atoms with E-state index in [0.717, 1.165) is 26.8 Å². The van der Waals surface area contributed by atoms with Crippen LogP contribution in [0, 0.1) is 6.92 Å². The van der Waals surface area contributed by atoms with Gasteiger partial charge in [0.05, 0.1) is 11.6 Å². The second-order valence-corrected chi connectivity index (χ2v) is 6.81. The Labute approximate surface area is 143 Å². The van der Waals surface area contributed by atoms with E-state index in [2.05, 4.69) is 81.4 Å². The highest BCUT2D eigenvalue weighted by Gasteiger charge is 2.12. The highest BCUT2D eigenvalue weighted by Crippen LogP contribution is 2.33. The van der Waals surface area contributed by atoms with Gasteiger partial charge in [0.2, 0.25) is 0 Å². The number of nitrogens with one attached hydrogen (secondary N) is 1. The molecule has 0 radical (unpaired) electrons. The fraction of sp³-hybridized carbons (Fsp3) is 0.294. The lowest BCUT2D eigenvalue weighted by Gasteiger charge is -2.18. The van der Waals surface area contributed by atoms with Gasteiger partial charge in [0.25, 0.3) is 0 Å². The molecule has 21 heavy (non-hydrogen) atoms. The van der Waals surface area contributed by atoms with E-state index < -0.39 is 0 Å². The number of aryl methyl sites for hydroxylation is 1. The molecule has 0 saturated carbocycles. The number of rotatable bonds is 5. The average molecular weight is 413 g/mol. The van der Waals surface area contributed by atoms with Crippen LogP contribution >= 0.6 is 31.9 Å². The molecule has 2 nitrogen and oxygen atoms in total. The summed E-state index contributed by atoms with van der Waals surface area (Å²) >= 11 is 7.07. The summed E-state index contributed by atoms with van der Waals surface area (Å²) in [7, 11) is 1.70. The van der Waals surface area contributed by atoms with Crippen LogP contribution in [0.25, 0.3) is 0 Å². The van der Waals surface area contributed by atoms with Crippen molar-refractivity contribution in [2.24, 2.45) is 0 Å². The van der Waals surface area contributed by atoms with Crippen LogP contribution in [0.15, 0.2) is 45.3 Å². The van der Waals surface area contributed by atoms with E-state index in [4.69, 9.17) is 4.74 Å². The molecule has 0 bridgehead atoms. The Balaban J connectivity index is 2.15. The molecule has 0 aromatic heterocycles. The molecule has 0 aliphatic heterocycles. The van der Waals surface area contributed by atoms with Crippen molar-refractivity contribution >= 4 is 31.9 Å². The second-order valence-electron chi connectivity index (χ2n) is 5.04. The predicted molar refractivity (Wildman–Crippen MR) is 94.8 cm³/mol. The van der Waals surface area contributed by atoms with E-state index in [0.29, 0.717) is 0 Å². The number of methoxy groups -OCH3 is 1. The Morgan fingerprint density at radius 1 is 1.19 bits per heavy atom. The lowest BCUT2D eigenvalue weighted by atomic mass is 10.0. The summed E-state index contributed by atoms with van der Waals surface area (Å²) in [4.78, 5) is 0. The first-order chi connectivity index (χ1) is 10.0. The van der Waals surface area contributed by atoms with Gasteiger partial charge in [-0.15, -0.1) is 0 Å². The third-order valence-electron chi connectivity index (χ3n) is 3.54. The van der Waals surface area contributed by atoms with Crippen molar-refractivity contribution in [1.29, 1.82) is 0 Å². The minimum Gasteiger partial charge on any atom is -0.495 e. The molecular weight excluding hydrogens is 394 g/mol. The van der Waals surface area contributed by atoms with Gasteiger partial charge < -0.3 is 10.1 Å². The van der Waals surface area contributed by atoms with Crippen LogP contribution in [0.3, 0.4) is 0 Å². The molecule has 2 aromatic rings. The number of hydrogen-bond acceptors (Lipinski definition) is 2. The fourth-order valence-electron chi connectivity index (χ4n) is 2.42. The van der Waals surface area contributed by atoms with Gasteiger partial charge in [-0.2, -0.15) is 0 Å². The monoisotopic (exact) mass is 411 g/mol. The molecule has 0 spiro atoms. The van der Waals surface area contributed by atoms with Crippen LogP contribution in [0.1, 0.15) is 29.7 Å². The predicted octanol–water partition coefficient (Wildman–Crippen LogP) is 5.38. The molecular formula is C17H19Br2NO. The Kier molecular flexibility index (Phi) is 5.85. The lowest BCUT2D eigenvalue weighted by Crippen LogP contribution is -2.19. The molecule has 0 amide bonds. The van der Waals surface area contributed by atoms with Gasteiger partial charge in [-0.05, 0) is 53.0 Å². The van der Waals surface area contributed by atoms with Crippen molar-refractivity contribution in [2.45, 2.75) is 26.4 Å². The Bertz CT molecular complexity index is 628. The Morgan fingerprint density at radius 3 is 2.57 bits per heavy atom. The maximum absolute atomic E-state index is 5.49. The zero-order valence-corrected chi connectivity index (χ0v) is 15.6. The van der Waals surface area contributed by atoms with Crippen LogP contribution in [-0.2, 0) is 6.54 Å². The summed E-state index contributed by atoms with van der Waals surface area (Å²) in [5.41, 5.74) is 3.75. The van der Waals surface area contributed by atoms with Gasteiger partial charge in [0.1, 0.15) is 5.75 Å². The number of benzene rings is 2. The summed E-state index contributed by atoms with van der Waals surface area (Å²) in [5.74, 6) is 0.877. The van der Waals surface area contributed by atoms with Gasteiger partial charge in [0, 0.05) is 22.6 Å². The zero-order chi connectivity index (χ0) is 15.4. The van der Waals surface area contributed by atoms with Crippen LogP contribution in [0.2, 0.25) is 0 Å². The minimum absolute atomic E-state index is 0.286. The Hall–Kier alpha value is -0.840. The standard InChI is InChI=1S/C17H19Br2NO/c1-11-6-4-5-7-15(11)12(2)20-10-13-8-14(18)9-16(19)17(13)21-3/h4-9,12,20H,10H2,1-3H3/t12-/m1/s1. The van der Waals surface area contributed by atoms with Gasteiger partial charge in [-0.1, -0.05) is 40.2 Å². The fourth-order valence-corrected chi connectivity index (χ4v) is 3.89. The summed E-state index contributed by atoms with van der Waals surface area (Å²) < 4.78 is 7.48. The van der Waals surface area contributed by atoms with Crippen LogP contribution in [-0.4, -0.2) is 7.11 Å². The van der Waals surface area contributed by atoms with E-state index in [1.165, 1.54) is 11.1 Å². The molecule has 0 heterocycles. The van der Waals surface area contributed by atoms with Crippen molar-refractivity contribution < 1.29 is 4.74 Å². The second kappa shape index (κ2) is 7.43. The van der Waals surface area contributed by atoms with Gasteiger partial charge in [-0.25, -0.2) is 0 Å². The molecule has 2 rings (SSSR count). The van der Waals surface area contributed by atoms with Crippen molar-refractivity contribution in [3.8, 4) is 5.75 Å². The SMILES string of the molecule is COc1c(Br)cc(Br)cc1CN[C@H](C)c1ccccc1C. The summed E-state index contributed by atoms with van der Waals surface area (Å²) in [5, 5.41) is 3.56. The average Bonchev–Trinajstić information content (AvgIpc) is 2.44. The smallest absolute Gasteiger partial charge is 0.137 e.